The number of aryl methyl sites for hydroxylation is 2. The molecule has 25 heavy (non-hydrogen) atoms. The fraction of sp³-hybridized carbons (Fsp3) is 0.579. The van der Waals surface area contributed by atoms with Crippen molar-refractivity contribution < 1.29 is 14.0 Å². The molecule has 6 heteroatoms. The van der Waals surface area contributed by atoms with E-state index in [1.54, 1.807) is 44.9 Å². The Morgan fingerprint density at radius 3 is 2.48 bits per heavy atom. The van der Waals surface area contributed by atoms with Crippen molar-refractivity contribution >= 4 is 11.9 Å². The van der Waals surface area contributed by atoms with Crippen LogP contribution >= 0.6 is 0 Å². The highest BCUT2D eigenvalue weighted by atomic mass is 19.1. The summed E-state index contributed by atoms with van der Waals surface area (Å²) in [5.41, 5.74) is 2.06. The van der Waals surface area contributed by atoms with Crippen molar-refractivity contribution in [2.75, 3.05) is 26.7 Å². The number of carbonyl (C=O) groups excluding carboxylic acids is 2. The quantitative estimate of drug-likeness (QED) is 0.908. The summed E-state index contributed by atoms with van der Waals surface area (Å²) in [7, 11) is 1.76. The maximum atomic E-state index is 13.8. The summed E-state index contributed by atoms with van der Waals surface area (Å²) >= 11 is 0. The minimum Gasteiger partial charge on any atom is -0.343 e. The summed E-state index contributed by atoms with van der Waals surface area (Å²) in [6.45, 7) is 9.02. The molecular formula is C19H28FN3O2. The molecule has 1 aliphatic heterocycles. The second-order valence-electron chi connectivity index (χ2n) is 7.14. The summed E-state index contributed by atoms with van der Waals surface area (Å²) < 4.78 is 13.8. The van der Waals surface area contributed by atoms with Gasteiger partial charge in [0.1, 0.15) is 5.82 Å². The second-order valence-corrected chi connectivity index (χ2v) is 7.14. The minimum atomic E-state index is -0.203. The standard InChI is InChI=1S/C19H28FN3O2/c1-12-8-17(9-13(2)18(12)20)14(3)21-19(25)22(5)10-16-6-7-23(11-16)15(4)24/h8-9,14,16H,6-7,10-11H2,1-5H3,(H,21,25)/t14-,16+/m1/s1. The van der Waals surface area contributed by atoms with Crippen molar-refractivity contribution in [3.8, 4) is 0 Å². The van der Waals surface area contributed by atoms with Crippen molar-refractivity contribution in [3.63, 3.8) is 0 Å². The molecule has 1 N–H and O–H groups in total. The molecule has 2 atom stereocenters. The van der Waals surface area contributed by atoms with Gasteiger partial charge in [0, 0.05) is 33.6 Å². The first-order valence-electron chi connectivity index (χ1n) is 8.72. The average Bonchev–Trinajstić information content (AvgIpc) is 3.00. The molecule has 1 heterocycles. The number of nitrogens with zero attached hydrogens (tertiary/aromatic N) is 2. The molecule has 0 spiro atoms. The van der Waals surface area contributed by atoms with E-state index in [4.69, 9.17) is 0 Å². The number of carbonyl (C=O) groups is 2. The predicted molar refractivity (Wildman–Crippen MR) is 95.8 cm³/mol. The van der Waals surface area contributed by atoms with Gasteiger partial charge in [-0.25, -0.2) is 9.18 Å². The third kappa shape index (κ3) is 4.71. The van der Waals surface area contributed by atoms with E-state index >= 15 is 0 Å². The van der Waals surface area contributed by atoms with E-state index in [-0.39, 0.29) is 23.8 Å². The lowest BCUT2D eigenvalue weighted by molar-refractivity contribution is -0.127. The lowest BCUT2D eigenvalue weighted by atomic mass is 10.0. The van der Waals surface area contributed by atoms with E-state index in [1.165, 1.54) is 0 Å². The van der Waals surface area contributed by atoms with Crippen LogP contribution in [0.2, 0.25) is 0 Å². The molecule has 0 bridgehead atoms. The summed E-state index contributed by atoms with van der Waals surface area (Å²) in [4.78, 5) is 27.3. The highest BCUT2D eigenvalue weighted by Crippen LogP contribution is 2.21. The number of urea groups is 1. The third-order valence-corrected chi connectivity index (χ3v) is 4.91. The van der Waals surface area contributed by atoms with E-state index in [9.17, 15) is 14.0 Å². The Balaban J connectivity index is 1.91. The first-order valence-corrected chi connectivity index (χ1v) is 8.72. The SMILES string of the molecule is CC(=O)N1CC[C@@H](CN(C)C(=O)N[C@H](C)c2cc(C)c(F)c(C)c2)C1. The molecule has 1 saturated heterocycles. The van der Waals surface area contributed by atoms with E-state index in [0.717, 1.165) is 18.5 Å². The van der Waals surface area contributed by atoms with Gasteiger partial charge >= 0.3 is 6.03 Å². The molecule has 3 amide bonds. The summed E-state index contributed by atoms with van der Waals surface area (Å²) in [6, 6.07) is 3.18. The highest BCUT2D eigenvalue weighted by Gasteiger charge is 2.26. The maximum Gasteiger partial charge on any atom is 0.317 e. The van der Waals surface area contributed by atoms with Crippen LogP contribution in [0.15, 0.2) is 12.1 Å². The number of hydrogen-bond acceptors (Lipinski definition) is 2. The lowest BCUT2D eigenvalue weighted by Gasteiger charge is -2.24. The van der Waals surface area contributed by atoms with Crippen molar-refractivity contribution in [2.45, 2.75) is 40.2 Å². The molecule has 2 rings (SSSR count). The molecule has 1 aromatic rings. The van der Waals surface area contributed by atoms with Crippen LogP contribution in [0.25, 0.3) is 0 Å². The van der Waals surface area contributed by atoms with Crippen LogP contribution in [-0.4, -0.2) is 48.4 Å². The largest absolute Gasteiger partial charge is 0.343 e. The Hall–Kier alpha value is -2.11. The fourth-order valence-corrected chi connectivity index (χ4v) is 3.35. The van der Waals surface area contributed by atoms with Gasteiger partial charge in [0.05, 0.1) is 6.04 Å². The topological polar surface area (TPSA) is 52.7 Å². The Morgan fingerprint density at radius 2 is 1.96 bits per heavy atom. The third-order valence-electron chi connectivity index (χ3n) is 4.91. The number of hydrogen-bond donors (Lipinski definition) is 1. The number of likely N-dealkylation sites (tertiary alicyclic amines) is 1. The van der Waals surface area contributed by atoms with Gasteiger partial charge in [0.25, 0.3) is 0 Å². The molecule has 0 unspecified atom stereocenters. The van der Waals surface area contributed by atoms with E-state index in [0.29, 0.717) is 30.1 Å². The zero-order chi connectivity index (χ0) is 18.7. The van der Waals surface area contributed by atoms with Crippen LogP contribution in [0.5, 0.6) is 0 Å². The molecule has 0 saturated carbocycles. The zero-order valence-electron chi connectivity index (χ0n) is 15.7. The van der Waals surface area contributed by atoms with Gasteiger partial charge < -0.3 is 15.1 Å². The highest BCUT2D eigenvalue weighted by molar-refractivity contribution is 5.75. The fourth-order valence-electron chi connectivity index (χ4n) is 3.35. The van der Waals surface area contributed by atoms with Crippen LogP contribution < -0.4 is 5.32 Å². The Labute approximate surface area is 149 Å². The summed E-state index contributed by atoms with van der Waals surface area (Å²) in [5.74, 6) is 0.200. The van der Waals surface area contributed by atoms with E-state index < -0.39 is 0 Å². The first-order chi connectivity index (χ1) is 11.7. The van der Waals surface area contributed by atoms with E-state index in [1.807, 2.05) is 11.8 Å². The molecule has 0 aliphatic carbocycles. The number of benzene rings is 1. The molecule has 1 aliphatic rings. The monoisotopic (exact) mass is 349 g/mol. The zero-order valence-corrected chi connectivity index (χ0v) is 15.7. The first kappa shape index (κ1) is 19.2. The number of nitrogens with one attached hydrogen (secondary N) is 1. The van der Waals surface area contributed by atoms with Crippen molar-refractivity contribution in [1.82, 2.24) is 15.1 Å². The average molecular weight is 349 g/mol. The smallest absolute Gasteiger partial charge is 0.317 e. The number of amides is 3. The van der Waals surface area contributed by atoms with Crippen LogP contribution in [0, 0.1) is 25.6 Å². The van der Waals surface area contributed by atoms with Gasteiger partial charge in [-0.05, 0) is 49.8 Å². The Bertz CT molecular complexity index is 639. The van der Waals surface area contributed by atoms with Gasteiger partial charge in [-0.2, -0.15) is 0 Å². The second kappa shape index (κ2) is 7.85. The Kier molecular flexibility index (Phi) is 6.03. The molecule has 5 nitrogen and oxygen atoms in total. The predicted octanol–water partition coefficient (Wildman–Crippen LogP) is 3.01. The van der Waals surface area contributed by atoms with Gasteiger partial charge in [-0.3, -0.25) is 4.79 Å². The van der Waals surface area contributed by atoms with Crippen LogP contribution in [0.4, 0.5) is 9.18 Å². The van der Waals surface area contributed by atoms with Crippen LogP contribution in [-0.2, 0) is 4.79 Å². The number of rotatable bonds is 4. The van der Waals surface area contributed by atoms with Crippen molar-refractivity contribution in [1.29, 1.82) is 0 Å². The molecule has 0 radical (unpaired) electrons. The van der Waals surface area contributed by atoms with Gasteiger partial charge in [0.2, 0.25) is 5.91 Å². The Morgan fingerprint density at radius 1 is 1.36 bits per heavy atom. The van der Waals surface area contributed by atoms with Crippen LogP contribution in [0.3, 0.4) is 0 Å². The molecule has 1 aromatic carbocycles. The van der Waals surface area contributed by atoms with Gasteiger partial charge in [0.15, 0.2) is 0 Å². The normalized spacial score (nSPS) is 18.2. The van der Waals surface area contributed by atoms with Gasteiger partial charge in [-0.1, -0.05) is 12.1 Å². The van der Waals surface area contributed by atoms with E-state index in [2.05, 4.69) is 5.32 Å². The number of halogens is 1. The molecular weight excluding hydrogens is 321 g/mol. The summed E-state index contributed by atoms with van der Waals surface area (Å²) in [5, 5.41) is 2.96. The minimum absolute atomic E-state index is 0.0882. The van der Waals surface area contributed by atoms with Crippen LogP contribution in [0.1, 0.15) is 43.0 Å². The van der Waals surface area contributed by atoms with Gasteiger partial charge in [-0.15, -0.1) is 0 Å². The van der Waals surface area contributed by atoms with Crippen molar-refractivity contribution in [3.05, 3.63) is 34.6 Å². The lowest BCUT2D eigenvalue weighted by Crippen LogP contribution is -2.41. The molecule has 1 fully saturated rings. The maximum absolute atomic E-state index is 13.8. The van der Waals surface area contributed by atoms with Crippen molar-refractivity contribution in [2.24, 2.45) is 5.92 Å². The molecule has 138 valence electrons. The molecule has 0 aromatic heterocycles. The summed E-state index contributed by atoms with van der Waals surface area (Å²) in [6.07, 6.45) is 0.920.